The van der Waals surface area contributed by atoms with Crippen LogP contribution in [0.25, 0.3) is 22.2 Å². The van der Waals surface area contributed by atoms with Gasteiger partial charge in [-0.2, -0.15) is 0 Å². The van der Waals surface area contributed by atoms with E-state index in [2.05, 4.69) is 36.3 Å². The fourth-order valence-corrected chi connectivity index (χ4v) is 3.24. The van der Waals surface area contributed by atoms with Gasteiger partial charge in [0.25, 0.3) is 0 Å². The van der Waals surface area contributed by atoms with Crippen LogP contribution in [0.5, 0.6) is 0 Å². The zero-order chi connectivity index (χ0) is 19.9. The summed E-state index contributed by atoms with van der Waals surface area (Å²) in [5.74, 6) is 0.674. The van der Waals surface area contributed by atoms with Crippen molar-refractivity contribution in [2.75, 3.05) is 0 Å². The van der Waals surface area contributed by atoms with Gasteiger partial charge in [0.15, 0.2) is 5.96 Å². The molecule has 0 aliphatic heterocycles. The molecule has 5 heteroatoms. The lowest BCUT2D eigenvalue weighted by Crippen LogP contribution is -2.29. The van der Waals surface area contributed by atoms with E-state index >= 15 is 0 Å². The van der Waals surface area contributed by atoms with E-state index in [1.807, 2.05) is 42.5 Å². The number of fused-ring (bicyclic) bond motifs is 1. The highest BCUT2D eigenvalue weighted by molar-refractivity contribution is 5.99. The maximum absolute atomic E-state index is 10.8. The van der Waals surface area contributed by atoms with Gasteiger partial charge in [-0.25, -0.2) is 9.98 Å². The molecule has 0 bridgehead atoms. The fraction of sp³-hybridized carbons (Fsp3) is 0.261. The first-order valence-electron chi connectivity index (χ1n) is 9.65. The van der Waals surface area contributed by atoms with Crippen molar-refractivity contribution in [2.24, 2.45) is 16.6 Å². The van der Waals surface area contributed by atoms with E-state index in [1.54, 1.807) is 0 Å². The largest absolute Gasteiger partial charge is 0.369 e. The van der Waals surface area contributed by atoms with Crippen LogP contribution < -0.4 is 11.1 Å². The molecule has 0 saturated carbocycles. The Morgan fingerprint density at radius 1 is 1.18 bits per heavy atom. The first-order chi connectivity index (χ1) is 13.6. The number of amides is 1. The van der Waals surface area contributed by atoms with Crippen LogP contribution in [-0.2, 0) is 11.2 Å². The highest BCUT2D eigenvalue weighted by Crippen LogP contribution is 2.37. The summed E-state index contributed by atoms with van der Waals surface area (Å²) in [4.78, 5) is 20.4. The topological polar surface area (TPSA) is 80.4 Å². The van der Waals surface area contributed by atoms with Crippen LogP contribution in [0.2, 0.25) is 0 Å². The van der Waals surface area contributed by atoms with E-state index in [1.165, 1.54) is 0 Å². The number of guanidine groups is 1. The van der Waals surface area contributed by atoms with E-state index in [0.29, 0.717) is 12.3 Å². The lowest BCUT2D eigenvalue weighted by Gasteiger charge is -2.17. The highest BCUT2D eigenvalue weighted by Gasteiger charge is 2.17. The normalized spacial score (nSPS) is 12.7. The molecular formula is C23H26N4O. The summed E-state index contributed by atoms with van der Waals surface area (Å²) < 4.78 is 0. The van der Waals surface area contributed by atoms with Crippen LogP contribution in [0.4, 0.5) is 5.69 Å². The molecule has 0 spiro atoms. The molecule has 0 aliphatic carbocycles. The molecule has 3 N–H and O–H groups in total. The Labute approximate surface area is 165 Å². The summed E-state index contributed by atoms with van der Waals surface area (Å²) in [6.07, 6.45) is 3.53. The van der Waals surface area contributed by atoms with Crippen molar-refractivity contribution in [1.29, 1.82) is 0 Å². The predicted octanol–water partition coefficient (Wildman–Crippen LogP) is 4.57. The summed E-state index contributed by atoms with van der Waals surface area (Å²) in [5, 5.41) is 3.38. The third-order valence-corrected chi connectivity index (χ3v) is 5.03. The third-order valence-electron chi connectivity index (χ3n) is 5.03. The smallest absolute Gasteiger partial charge is 0.213 e. The number of hydrogen-bond acceptors (Lipinski definition) is 3. The molecule has 1 atom stereocenters. The molecule has 1 aromatic heterocycles. The second kappa shape index (κ2) is 9.13. The molecule has 2 aromatic carbocycles. The lowest BCUT2D eigenvalue weighted by atomic mass is 9.93. The number of aliphatic imine (C=N–C) groups is 1. The number of nitrogens with two attached hydrogens (primary N) is 1. The minimum Gasteiger partial charge on any atom is -0.369 e. The van der Waals surface area contributed by atoms with Gasteiger partial charge < -0.3 is 5.73 Å². The van der Waals surface area contributed by atoms with Gasteiger partial charge >= 0.3 is 0 Å². The molecule has 144 valence electrons. The second-order valence-corrected chi connectivity index (χ2v) is 6.98. The van der Waals surface area contributed by atoms with E-state index in [9.17, 15) is 4.79 Å². The van der Waals surface area contributed by atoms with E-state index < -0.39 is 0 Å². The standard InChI is InChI=1S/C23H26N4O/c1-3-16(2)13-14-19-21(17-9-5-4-6-10-17)26-20-12-8-7-11-18(20)22(19)27-23(24)25-15-28/h4-12,15-16H,3,13-14H2,1-2H3,(H3,24,25,26,27,28). The number of pyridine rings is 1. The monoisotopic (exact) mass is 374 g/mol. The SMILES string of the molecule is CCC(C)CCc1c(-c2ccccc2)nc2ccccc2c1N=C(N)NC=O. The van der Waals surface area contributed by atoms with Crippen LogP contribution >= 0.6 is 0 Å². The van der Waals surface area contributed by atoms with Gasteiger partial charge in [0.1, 0.15) is 0 Å². The van der Waals surface area contributed by atoms with E-state index in [0.717, 1.165) is 52.7 Å². The Balaban J connectivity index is 2.27. The summed E-state index contributed by atoms with van der Waals surface area (Å²) in [5.41, 5.74) is 10.6. The van der Waals surface area contributed by atoms with Gasteiger partial charge in [-0.15, -0.1) is 0 Å². The molecule has 1 amide bonds. The Bertz CT molecular complexity index is 983. The van der Waals surface area contributed by atoms with Gasteiger partial charge in [0, 0.05) is 16.5 Å². The van der Waals surface area contributed by atoms with Crippen LogP contribution in [0.15, 0.2) is 59.6 Å². The van der Waals surface area contributed by atoms with Crippen LogP contribution in [0, 0.1) is 5.92 Å². The molecule has 3 aromatic rings. The van der Waals surface area contributed by atoms with Gasteiger partial charge in [-0.3, -0.25) is 10.1 Å². The molecule has 0 aliphatic rings. The van der Waals surface area contributed by atoms with Crippen molar-refractivity contribution in [2.45, 2.75) is 33.1 Å². The van der Waals surface area contributed by atoms with Crippen molar-refractivity contribution >= 4 is 29.0 Å². The predicted molar refractivity (Wildman–Crippen MR) is 115 cm³/mol. The first kappa shape index (κ1) is 19.5. The second-order valence-electron chi connectivity index (χ2n) is 6.98. The summed E-state index contributed by atoms with van der Waals surface area (Å²) in [6.45, 7) is 4.45. The van der Waals surface area contributed by atoms with Crippen LogP contribution in [0.3, 0.4) is 0 Å². The third kappa shape index (κ3) is 4.36. The average Bonchev–Trinajstić information content (AvgIpc) is 2.73. The van der Waals surface area contributed by atoms with Gasteiger partial charge in [-0.1, -0.05) is 68.8 Å². The van der Waals surface area contributed by atoms with Crippen molar-refractivity contribution in [3.8, 4) is 11.3 Å². The van der Waals surface area contributed by atoms with Crippen LogP contribution in [-0.4, -0.2) is 17.4 Å². The number of hydrogen-bond donors (Lipinski definition) is 2. The van der Waals surface area contributed by atoms with Gasteiger partial charge in [0.2, 0.25) is 6.41 Å². The fourth-order valence-electron chi connectivity index (χ4n) is 3.24. The number of nitrogens with zero attached hydrogens (tertiary/aromatic N) is 2. The molecule has 0 saturated heterocycles. The zero-order valence-corrected chi connectivity index (χ0v) is 16.4. The summed E-state index contributed by atoms with van der Waals surface area (Å²) >= 11 is 0. The zero-order valence-electron chi connectivity index (χ0n) is 16.4. The lowest BCUT2D eigenvalue weighted by molar-refractivity contribution is -0.108. The van der Waals surface area contributed by atoms with Gasteiger partial charge in [0.05, 0.1) is 16.9 Å². The van der Waals surface area contributed by atoms with Crippen molar-refractivity contribution < 1.29 is 4.79 Å². The van der Waals surface area contributed by atoms with Crippen molar-refractivity contribution in [3.63, 3.8) is 0 Å². The number of benzene rings is 2. The number of carbonyl (C=O) groups is 1. The maximum atomic E-state index is 10.8. The summed E-state index contributed by atoms with van der Waals surface area (Å²) in [6, 6.07) is 18.0. The van der Waals surface area contributed by atoms with Gasteiger partial charge in [-0.05, 0) is 24.8 Å². The minimum absolute atomic E-state index is 0.0788. The quantitative estimate of drug-likeness (QED) is 0.361. The van der Waals surface area contributed by atoms with Crippen molar-refractivity contribution in [3.05, 3.63) is 60.2 Å². The minimum atomic E-state index is 0.0788. The molecule has 1 unspecified atom stereocenters. The highest BCUT2D eigenvalue weighted by atomic mass is 16.1. The Morgan fingerprint density at radius 3 is 2.61 bits per heavy atom. The molecule has 0 fully saturated rings. The summed E-state index contributed by atoms with van der Waals surface area (Å²) in [7, 11) is 0. The molecular weight excluding hydrogens is 348 g/mol. The molecule has 0 radical (unpaired) electrons. The number of nitrogens with one attached hydrogen (secondary N) is 1. The Morgan fingerprint density at radius 2 is 1.89 bits per heavy atom. The van der Waals surface area contributed by atoms with E-state index in [-0.39, 0.29) is 5.96 Å². The number of rotatable bonds is 7. The molecule has 5 nitrogen and oxygen atoms in total. The number of para-hydroxylation sites is 1. The molecule has 3 rings (SSSR count). The maximum Gasteiger partial charge on any atom is 0.213 e. The Kier molecular flexibility index (Phi) is 6.37. The average molecular weight is 374 g/mol. The first-order valence-corrected chi connectivity index (χ1v) is 9.65. The van der Waals surface area contributed by atoms with Crippen molar-refractivity contribution in [1.82, 2.24) is 10.3 Å². The van der Waals surface area contributed by atoms with Crippen LogP contribution in [0.1, 0.15) is 32.3 Å². The molecule has 1 heterocycles. The number of aromatic nitrogens is 1. The number of carbonyl (C=O) groups excluding carboxylic acids is 1. The molecule has 28 heavy (non-hydrogen) atoms. The van der Waals surface area contributed by atoms with E-state index in [4.69, 9.17) is 10.7 Å². The Hall–Kier alpha value is -3.21.